The Balaban J connectivity index is 1.69. The van der Waals surface area contributed by atoms with Crippen molar-refractivity contribution < 1.29 is 4.74 Å². The van der Waals surface area contributed by atoms with E-state index in [0.29, 0.717) is 6.04 Å². The molecule has 1 N–H and O–H groups in total. The van der Waals surface area contributed by atoms with E-state index in [2.05, 4.69) is 50.4 Å². The average Bonchev–Trinajstić information content (AvgIpc) is 2.45. The van der Waals surface area contributed by atoms with Crippen LogP contribution in [0.3, 0.4) is 0 Å². The molecule has 2 aliphatic rings. The van der Waals surface area contributed by atoms with E-state index in [4.69, 9.17) is 4.74 Å². The molecule has 1 aliphatic heterocycles. The third-order valence-electron chi connectivity index (χ3n) is 5.29. The molecule has 1 aromatic carbocycles. The van der Waals surface area contributed by atoms with E-state index in [-0.39, 0.29) is 5.60 Å². The number of ether oxygens (including phenoxy) is 1. The number of nitrogens with one attached hydrogen (secondary N) is 1. The van der Waals surface area contributed by atoms with Gasteiger partial charge in [0, 0.05) is 18.0 Å². The quantitative estimate of drug-likeness (QED) is 0.869. The van der Waals surface area contributed by atoms with E-state index in [9.17, 15) is 0 Å². The molecule has 3 atom stereocenters. The molecule has 0 amide bonds. The van der Waals surface area contributed by atoms with Gasteiger partial charge in [-0.1, -0.05) is 44.4 Å². The number of hydrogen-bond acceptors (Lipinski definition) is 2. The summed E-state index contributed by atoms with van der Waals surface area (Å²) in [5, 5.41) is 3.85. The van der Waals surface area contributed by atoms with Crippen molar-refractivity contribution >= 4 is 0 Å². The molecule has 0 bridgehead atoms. The topological polar surface area (TPSA) is 21.3 Å². The minimum absolute atomic E-state index is 0.0792. The normalized spacial score (nSPS) is 31.3. The fraction of sp³-hybridized carbons (Fsp3) is 0.684. The smallest absolute Gasteiger partial charge is 0.124 e. The fourth-order valence-electron chi connectivity index (χ4n) is 3.97. The number of hydrogen-bond donors (Lipinski definition) is 1. The van der Waals surface area contributed by atoms with E-state index in [0.717, 1.165) is 30.6 Å². The monoisotopic (exact) mass is 287 g/mol. The Kier molecular flexibility index (Phi) is 4.26. The van der Waals surface area contributed by atoms with Crippen molar-refractivity contribution in [1.82, 2.24) is 5.32 Å². The lowest BCUT2D eigenvalue weighted by Gasteiger charge is -2.39. The molecule has 2 heteroatoms. The van der Waals surface area contributed by atoms with Gasteiger partial charge in [0.25, 0.3) is 0 Å². The molecule has 1 aliphatic carbocycles. The van der Waals surface area contributed by atoms with Gasteiger partial charge < -0.3 is 10.1 Å². The molecule has 21 heavy (non-hydrogen) atoms. The molecule has 1 heterocycles. The van der Waals surface area contributed by atoms with Crippen LogP contribution < -0.4 is 10.1 Å². The van der Waals surface area contributed by atoms with Crippen LogP contribution in [0.5, 0.6) is 5.75 Å². The first-order valence-electron chi connectivity index (χ1n) is 8.56. The van der Waals surface area contributed by atoms with Crippen molar-refractivity contribution in [2.45, 2.75) is 64.5 Å². The van der Waals surface area contributed by atoms with Gasteiger partial charge in [0.05, 0.1) is 0 Å². The predicted molar refractivity (Wildman–Crippen MR) is 87.6 cm³/mol. The van der Waals surface area contributed by atoms with Gasteiger partial charge in [0.15, 0.2) is 0 Å². The molecule has 2 nitrogen and oxygen atoms in total. The maximum atomic E-state index is 6.12. The lowest BCUT2D eigenvalue weighted by Crippen LogP contribution is -2.41. The summed E-state index contributed by atoms with van der Waals surface area (Å²) < 4.78 is 6.12. The highest BCUT2D eigenvalue weighted by atomic mass is 16.5. The molecule has 1 fully saturated rings. The number of rotatable bonds is 3. The summed E-state index contributed by atoms with van der Waals surface area (Å²) in [6.45, 7) is 7.96. The largest absolute Gasteiger partial charge is 0.487 e. The lowest BCUT2D eigenvalue weighted by atomic mass is 9.80. The number of para-hydroxylation sites is 1. The highest BCUT2D eigenvalue weighted by molar-refractivity contribution is 5.38. The van der Waals surface area contributed by atoms with Crippen LogP contribution in [0.2, 0.25) is 0 Å². The molecule has 1 aromatic rings. The first-order valence-corrected chi connectivity index (χ1v) is 8.56. The summed E-state index contributed by atoms with van der Waals surface area (Å²) in [4.78, 5) is 0. The van der Waals surface area contributed by atoms with E-state index in [1.807, 2.05) is 0 Å². The van der Waals surface area contributed by atoms with Crippen LogP contribution in [-0.4, -0.2) is 12.1 Å². The standard InChI is InChI=1S/C19H29NO/c1-14-8-4-5-9-15(14)13-20-17-12-19(2,3)21-18-11-7-6-10-16(17)18/h6-7,10-11,14-15,17,20H,4-5,8-9,12-13H2,1-3H3. The van der Waals surface area contributed by atoms with Crippen LogP contribution in [0.1, 0.15) is 64.5 Å². The van der Waals surface area contributed by atoms with Crippen molar-refractivity contribution in [2.75, 3.05) is 6.54 Å². The van der Waals surface area contributed by atoms with Crippen molar-refractivity contribution in [2.24, 2.45) is 11.8 Å². The molecule has 1 saturated carbocycles. The third-order valence-corrected chi connectivity index (χ3v) is 5.29. The van der Waals surface area contributed by atoms with Gasteiger partial charge in [-0.25, -0.2) is 0 Å². The van der Waals surface area contributed by atoms with Crippen LogP contribution in [0.4, 0.5) is 0 Å². The molecule has 3 unspecified atom stereocenters. The van der Waals surface area contributed by atoms with Crippen LogP contribution in [0.25, 0.3) is 0 Å². The second kappa shape index (κ2) is 6.00. The van der Waals surface area contributed by atoms with Gasteiger partial charge in [-0.05, 0) is 44.7 Å². The van der Waals surface area contributed by atoms with Crippen molar-refractivity contribution in [3.8, 4) is 5.75 Å². The van der Waals surface area contributed by atoms with Crippen molar-refractivity contribution in [3.05, 3.63) is 29.8 Å². The van der Waals surface area contributed by atoms with Crippen LogP contribution in [0, 0.1) is 11.8 Å². The van der Waals surface area contributed by atoms with Crippen LogP contribution >= 0.6 is 0 Å². The minimum Gasteiger partial charge on any atom is -0.487 e. The number of fused-ring (bicyclic) bond motifs is 1. The fourth-order valence-corrected chi connectivity index (χ4v) is 3.97. The Labute approximate surface area is 129 Å². The average molecular weight is 287 g/mol. The second-order valence-corrected chi connectivity index (χ2v) is 7.59. The summed E-state index contributed by atoms with van der Waals surface area (Å²) in [5.41, 5.74) is 1.25. The Morgan fingerprint density at radius 2 is 1.95 bits per heavy atom. The second-order valence-electron chi connectivity index (χ2n) is 7.59. The number of benzene rings is 1. The third kappa shape index (κ3) is 3.42. The van der Waals surface area contributed by atoms with Gasteiger partial charge >= 0.3 is 0 Å². The first-order chi connectivity index (χ1) is 10.1. The summed E-state index contributed by atoms with van der Waals surface area (Å²) >= 11 is 0. The van der Waals surface area contributed by atoms with Gasteiger partial charge in [-0.2, -0.15) is 0 Å². The van der Waals surface area contributed by atoms with Crippen molar-refractivity contribution in [3.63, 3.8) is 0 Å². The Morgan fingerprint density at radius 1 is 1.19 bits per heavy atom. The Hall–Kier alpha value is -1.02. The maximum Gasteiger partial charge on any atom is 0.124 e. The van der Waals surface area contributed by atoms with E-state index < -0.39 is 0 Å². The zero-order chi connectivity index (χ0) is 14.9. The zero-order valence-corrected chi connectivity index (χ0v) is 13.7. The molecule has 0 saturated heterocycles. The molecule has 0 aromatic heterocycles. The van der Waals surface area contributed by atoms with E-state index in [1.165, 1.54) is 31.2 Å². The lowest BCUT2D eigenvalue weighted by molar-refractivity contribution is 0.0639. The van der Waals surface area contributed by atoms with Crippen LogP contribution in [-0.2, 0) is 0 Å². The molecule has 0 radical (unpaired) electrons. The van der Waals surface area contributed by atoms with Crippen molar-refractivity contribution in [1.29, 1.82) is 0 Å². The van der Waals surface area contributed by atoms with Gasteiger partial charge in [0.2, 0.25) is 0 Å². The summed E-state index contributed by atoms with van der Waals surface area (Å²) in [7, 11) is 0. The highest BCUT2D eigenvalue weighted by Gasteiger charge is 2.34. The molecule has 116 valence electrons. The van der Waals surface area contributed by atoms with Crippen LogP contribution in [0.15, 0.2) is 24.3 Å². The Morgan fingerprint density at radius 3 is 2.76 bits per heavy atom. The maximum absolute atomic E-state index is 6.12. The zero-order valence-electron chi connectivity index (χ0n) is 13.7. The predicted octanol–water partition coefficient (Wildman–Crippen LogP) is 4.70. The van der Waals surface area contributed by atoms with Gasteiger partial charge in [-0.3, -0.25) is 0 Å². The minimum atomic E-state index is -0.0792. The highest BCUT2D eigenvalue weighted by Crippen LogP contribution is 2.39. The van der Waals surface area contributed by atoms with E-state index in [1.54, 1.807) is 0 Å². The van der Waals surface area contributed by atoms with E-state index >= 15 is 0 Å². The molecule has 3 rings (SSSR count). The first kappa shape index (κ1) is 14.9. The summed E-state index contributed by atoms with van der Waals surface area (Å²) in [6, 6.07) is 8.94. The van der Waals surface area contributed by atoms with Gasteiger partial charge in [-0.15, -0.1) is 0 Å². The molecular formula is C19H29NO. The van der Waals surface area contributed by atoms with Gasteiger partial charge in [0.1, 0.15) is 11.4 Å². The molecular weight excluding hydrogens is 258 g/mol. The molecule has 0 spiro atoms. The summed E-state index contributed by atoms with van der Waals surface area (Å²) in [6.07, 6.45) is 6.67. The Bertz CT molecular complexity index is 482. The SMILES string of the molecule is CC1CCCCC1CNC1CC(C)(C)Oc2ccccc21. The summed E-state index contributed by atoms with van der Waals surface area (Å²) in [5.74, 6) is 2.77.